The Bertz CT molecular complexity index is 914. The van der Waals surface area contributed by atoms with Crippen LogP contribution < -0.4 is 21.1 Å². The van der Waals surface area contributed by atoms with Crippen LogP contribution in [0, 0.1) is 11.7 Å². The summed E-state index contributed by atoms with van der Waals surface area (Å²) in [6.07, 6.45) is 2.10. The summed E-state index contributed by atoms with van der Waals surface area (Å²) in [6, 6.07) is 2.70. The molecule has 0 radical (unpaired) electrons. The fraction of sp³-hybridized carbons (Fsp3) is 0.444. The van der Waals surface area contributed by atoms with Gasteiger partial charge in [-0.05, 0) is 31.0 Å². The van der Waals surface area contributed by atoms with Crippen molar-refractivity contribution in [2.24, 2.45) is 5.92 Å². The maximum Gasteiger partial charge on any atom is 0.341 e. The summed E-state index contributed by atoms with van der Waals surface area (Å²) >= 11 is 0. The van der Waals surface area contributed by atoms with E-state index in [1.54, 1.807) is 13.1 Å². The van der Waals surface area contributed by atoms with Crippen LogP contribution in [0.15, 0.2) is 23.1 Å². The largest absolute Gasteiger partial charge is 0.477 e. The van der Waals surface area contributed by atoms with Crippen molar-refractivity contribution in [3.05, 3.63) is 39.9 Å². The molecule has 0 amide bonds. The van der Waals surface area contributed by atoms with E-state index in [1.807, 2.05) is 4.90 Å². The first-order chi connectivity index (χ1) is 13.0. The van der Waals surface area contributed by atoms with Gasteiger partial charge in [0.1, 0.15) is 11.4 Å². The van der Waals surface area contributed by atoms with Crippen LogP contribution in [0.5, 0.6) is 0 Å². The van der Waals surface area contributed by atoms with E-state index >= 15 is 0 Å². The molecule has 1 saturated heterocycles. The fourth-order valence-corrected chi connectivity index (χ4v) is 3.52. The first kappa shape index (κ1) is 19.1. The lowest BCUT2D eigenvalue weighted by molar-refractivity contribution is 0.0695. The minimum absolute atomic E-state index is 0.0193. The molecule has 0 bridgehead atoms. The number of rotatable bonds is 7. The van der Waals surface area contributed by atoms with Gasteiger partial charge in [0.15, 0.2) is 0 Å². The van der Waals surface area contributed by atoms with Gasteiger partial charge in [-0.3, -0.25) is 9.47 Å². The summed E-state index contributed by atoms with van der Waals surface area (Å²) in [5.74, 6) is -1.56. The zero-order valence-electron chi connectivity index (χ0n) is 15.0. The van der Waals surface area contributed by atoms with Crippen LogP contribution in [-0.2, 0) is 0 Å². The molecule has 1 aliphatic rings. The fourth-order valence-electron chi connectivity index (χ4n) is 3.52. The first-order valence-corrected chi connectivity index (χ1v) is 8.82. The van der Waals surface area contributed by atoms with Gasteiger partial charge in [0.25, 0.3) is 0 Å². The molecule has 1 aromatic carbocycles. The van der Waals surface area contributed by atoms with E-state index in [1.165, 1.54) is 10.9 Å². The van der Waals surface area contributed by atoms with Crippen molar-refractivity contribution in [3.63, 3.8) is 0 Å². The van der Waals surface area contributed by atoms with Crippen LogP contribution in [-0.4, -0.2) is 60.7 Å². The van der Waals surface area contributed by atoms with E-state index in [2.05, 4.69) is 10.7 Å². The van der Waals surface area contributed by atoms with Gasteiger partial charge in [-0.25, -0.2) is 9.18 Å². The number of pyridine rings is 1. The van der Waals surface area contributed by atoms with E-state index in [0.717, 1.165) is 19.0 Å². The lowest BCUT2D eigenvalue weighted by Gasteiger charge is -2.21. The van der Waals surface area contributed by atoms with Crippen LogP contribution in [0.1, 0.15) is 16.8 Å². The number of hydrogen-bond donors (Lipinski definition) is 4. The van der Waals surface area contributed by atoms with Crippen LogP contribution in [0.4, 0.5) is 10.1 Å². The maximum atomic E-state index is 14.7. The number of aromatic carboxylic acids is 1. The molecule has 0 saturated carbocycles. The molecule has 2 aromatic rings. The number of fused-ring (bicyclic) bond motifs is 1. The number of carbonyl (C=O) groups is 1. The second-order valence-electron chi connectivity index (χ2n) is 6.62. The van der Waals surface area contributed by atoms with Gasteiger partial charge < -0.3 is 25.9 Å². The zero-order chi connectivity index (χ0) is 19.6. The first-order valence-electron chi connectivity index (χ1n) is 8.82. The molecule has 27 heavy (non-hydrogen) atoms. The lowest BCUT2D eigenvalue weighted by atomic mass is 10.1. The Balaban J connectivity index is 1.96. The normalized spacial score (nSPS) is 16.9. The molecule has 0 spiro atoms. The zero-order valence-corrected chi connectivity index (χ0v) is 15.0. The monoisotopic (exact) mass is 378 g/mol. The predicted molar refractivity (Wildman–Crippen MR) is 101 cm³/mol. The van der Waals surface area contributed by atoms with Crippen molar-refractivity contribution in [2.75, 3.05) is 50.2 Å². The van der Waals surface area contributed by atoms with Crippen molar-refractivity contribution in [2.45, 2.75) is 6.42 Å². The third-order valence-corrected chi connectivity index (χ3v) is 4.89. The van der Waals surface area contributed by atoms with E-state index < -0.39 is 22.8 Å². The number of nitrogens with zero attached hydrogens (tertiary/aromatic N) is 2. The van der Waals surface area contributed by atoms with Gasteiger partial charge in [-0.2, -0.15) is 0 Å². The highest BCUT2D eigenvalue weighted by molar-refractivity contribution is 5.93. The Morgan fingerprint density at radius 1 is 1.41 bits per heavy atom. The Morgan fingerprint density at radius 2 is 2.19 bits per heavy atom. The van der Waals surface area contributed by atoms with Crippen LogP contribution in [0.2, 0.25) is 0 Å². The van der Waals surface area contributed by atoms with Gasteiger partial charge in [-0.15, -0.1) is 0 Å². The standard InChI is InChI=1S/C18H23FN4O4/c1-20-23-10-13(18(26)27)17(25)12-6-14(19)16(7-15(12)23)22-4-2-11(9-22)8-21-3-5-24/h6-7,10-11,20-21,24H,2-5,8-9H2,1H3,(H,26,27). The molecular formula is C18H23FN4O4. The molecular weight excluding hydrogens is 355 g/mol. The molecule has 4 N–H and O–H groups in total. The predicted octanol–water partition coefficient (Wildman–Crippen LogP) is 0.420. The van der Waals surface area contributed by atoms with Crippen LogP contribution >= 0.6 is 0 Å². The summed E-state index contributed by atoms with van der Waals surface area (Å²) in [6.45, 7) is 2.70. The van der Waals surface area contributed by atoms with Gasteiger partial charge in [0.05, 0.1) is 23.2 Å². The highest BCUT2D eigenvalue weighted by Crippen LogP contribution is 2.29. The SMILES string of the molecule is CNn1cc(C(=O)O)c(=O)c2cc(F)c(N3CCC(CNCCO)C3)cc21. The maximum absolute atomic E-state index is 14.7. The summed E-state index contributed by atoms with van der Waals surface area (Å²) in [5.41, 5.74) is 2.50. The highest BCUT2D eigenvalue weighted by atomic mass is 19.1. The van der Waals surface area contributed by atoms with E-state index in [9.17, 15) is 19.1 Å². The molecule has 1 fully saturated rings. The van der Waals surface area contributed by atoms with Crippen molar-refractivity contribution >= 4 is 22.6 Å². The molecule has 3 rings (SSSR count). The Labute approximate surface area is 155 Å². The highest BCUT2D eigenvalue weighted by Gasteiger charge is 2.25. The molecule has 9 heteroatoms. The van der Waals surface area contributed by atoms with Crippen molar-refractivity contribution < 1.29 is 19.4 Å². The number of carboxylic acids is 1. The average molecular weight is 378 g/mol. The summed E-state index contributed by atoms with van der Waals surface area (Å²) in [7, 11) is 1.59. The summed E-state index contributed by atoms with van der Waals surface area (Å²) < 4.78 is 16.2. The molecule has 8 nitrogen and oxygen atoms in total. The topological polar surface area (TPSA) is 107 Å². The van der Waals surface area contributed by atoms with Crippen molar-refractivity contribution in [1.82, 2.24) is 9.99 Å². The number of aliphatic hydroxyl groups is 1. The second-order valence-corrected chi connectivity index (χ2v) is 6.62. The van der Waals surface area contributed by atoms with E-state index in [-0.39, 0.29) is 12.0 Å². The molecule has 0 aliphatic carbocycles. The Kier molecular flexibility index (Phi) is 5.62. The lowest BCUT2D eigenvalue weighted by Crippen LogP contribution is -2.28. The third kappa shape index (κ3) is 3.74. The second kappa shape index (κ2) is 7.93. The van der Waals surface area contributed by atoms with Gasteiger partial charge in [0.2, 0.25) is 5.43 Å². The molecule has 1 unspecified atom stereocenters. The number of aliphatic hydroxyl groups excluding tert-OH is 1. The summed E-state index contributed by atoms with van der Waals surface area (Å²) in [4.78, 5) is 25.6. The van der Waals surface area contributed by atoms with E-state index in [4.69, 9.17) is 5.11 Å². The number of hydrogen-bond acceptors (Lipinski definition) is 6. The quantitative estimate of drug-likeness (QED) is 0.517. The number of carboxylic acid groups (broad SMARTS) is 1. The molecule has 1 aromatic heterocycles. The molecule has 146 valence electrons. The van der Waals surface area contributed by atoms with Crippen molar-refractivity contribution in [1.29, 1.82) is 0 Å². The number of benzene rings is 1. The molecule has 2 heterocycles. The van der Waals surface area contributed by atoms with Crippen LogP contribution in [0.25, 0.3) is 10.9 Å². The number of nitrogens with one attached hydrogen (secondary N) is 2. The number of halogens is 1. The van der Waals surface area contributed by atoms with Gasteiger partial charge in [0, 0.05) is 32.9 Å². The minimum atomic E-state index is -1.35. The minimum Gasteiger partial charge on any atom is -0.477 e. The average Bonchev–Trinajstić information content (AvgIpc) is 3.10. The number of aromatic nitrogens is 1. The smallest absolute Gasteiger partial charge is 0.341 e. The molecule has 1 atom stereocenters. The van der Waals surface area contributed by atoms with E-state index in [0.29, 0.717) is 36.8 Å². The van der Waals surface area contributed by atoms with Gasteiger partial charge >= 0.3 is 5.97 Å². The molecule has 1 aliphatic heterocycles. The Hall–Kier alpha value is -2.65. The number of anilines is 1. The third-order valence-electron chi connectivity index (χ3n) is 4.89. The van der Waals surface area contributed by atoms with Gasteiger partial charge in [-0.1, -0.05) is 0 Å². The van der Waals surface area contributed by atoms with Crippen LogP contribution in [0.3, 0.4) is 0 Å². The summed E-state index contributed by atoms with van der Waals surface area (Å²) in [5, 5.41) is 21.2. The van der Waals surface area contributed by atoms with Crippen molar-refractivity contribution in [3.8, 4) is 0 Å². The Morgan fingerprint density at radius 3 is 2.85 bits per heavy atom.